The molecule has 2 heterocycles. The van der Waals surface area contributed by atoms with Gasteiger partial charge in [0.05, 0.1) is 12.1 Å². The lowest BCUT2D eigenvalue weighted by Crippen LogP contribution is -2.58. The third-order valence-corrected chi connectivity index (χ3v) is 5.64. The minimum absolute atomic E-state index is 0.0421. The summed E-state index contributed by atoms with van der Waals surface area (Å²) >= 11 is 5.22. The number of carbonyl (C=O) groups excluding carboxylic acids is 1. The van der Waals surface area contributed by atoms with E-state index in [-0.39, 0.29) is 24.0 Å². The maximum Gasteiger partial charge on any atom is 0.237 e. The molecule has 1 aromatic heterocycles. The van der Waals surface area contributed by atoms with E-state index in [9.17, 15) is 4.79 Å². The largest absolute Gasteiger partial charge is 0.353 e. The van der Waals surface area contributed by atoms with Crippen LogP contribution in [-0.2, 0) is 4.79 Å². The molecular weight excluding hydrogens is 338 g/mol. The average Bonchev–Trinajstić information content (AvgIpc) is 2.85. The zero-order chi connectivity index (χ0) is 14.7. The van der Waals surface area contributed by atoms with E-state index >= 15 is 0 Å². The summed E-state index contributed by atoms with van der Waals surface area (Å²) in [5, 5.41) is 5.03. The Kier molecular flexibility index (Phi) is 5.60. The van der Waals surface area contributed by atoms with Crippen LogP contribution in [0.3, 0.4) is 0 Å². The Morgan fingerprint density at radius 3 is 2.90 bits per heavy atom. The Morgan fingerprint density at radius 2 is 2.35 bits per heavy atom. The number of amides is 1. The van der Waals surface area contributed by atoms with Crippen LogP contribution >= 0.6 is 27.3 Å². The Bertz CT molecular complexity index is 465. The van der Waals surface area contributed by atoms with Crippen LogP contribution in [0.5, 0.6) is 0 Å². The second kappa shape index (κ2) is 7.02. The molecule has 3 unspecified atom stereocenters. The number of nitrogens with one attached hydrogen (secondary N) is 1. The molecule has 1 aromatic rings. The van der Waals surface area contributed by atoms with Crippen molar-refractivity contribution in [2.75, 3.05) is 13.1 Å². The Labute approximate surface area is 132 Å². The summed E-state index contributed by atoms with van der Waals surface area (Å²) in [6.45, 7) is 5.72. The highest BCUT2D eigenvalue weighted by Crippen LogP contribution is 2.34. The molecule has 1 amide bonds. The predicted octanol–water partition coefficient (Wildman–Crippen LogP) is 2.50. The molecule has 6 heteroatoms. The lowest BCUT2D eigenvalue weighted by molar-refractivity contribution is -0.130. The van der Waals surface area contributed by atoms with Gasteiger partial charge in [0.25, 0.3) is 0 Å². The van der Waals surface area contributed by atoms with Crippen LogP contribution in [0.25, 0.3) is 0 Å². The van der Waals surface area contributed by atoms with Gasteiger partial charge in [-0.25, -0.2) is 0 Å². The maximum atomic E-state index is 12.1. The molecule has 0 saturated carbocycles. The van der Waals surface area contributed by atoms with Gasteiger partial charge in [-0.15, -0.1) is 11.3 Å². The molecule has 0 aromatic carbocycles. The fraction of sp³-hybridized carbons (Fsp3) is 0.643. The van der Waals surface area contributed by atoms with Crippen molar-refractivity contribution >= 4 is 33.2 Å². The number of hydrogen-bond donors (Lipinski definition) is 2. The van der Waals surface area contributed by atoms with Crippen LogP contribution in [0, 0.1) is 0 Å². The van der Waals surface area contributed by atoms with Crippen LogP contribution in [0.1, 0.15) is 37.6 Å². The second-order valence-electron chi connectivity index (χ2n) is 5.14. The molecule has 4 nitrogen and oxygen atoms in total. The first kappa shape index (κ1) is 15.9. The molecule has 1 aliphatic heterocycles. The molecule has 3 atom stereocenters. The molecule has 2 rings (SSSR count). The molecule has 0 bridgehead atoms. The summed E-state index contributed by atoms with van der Waals surface area (Å²) in [7, 11) is 0. The standard InChI is InChI=1S/C14H22BrN3OS/c1-3-10(16)13(12-7-9(15)8-20-12)18-6-5-17-14(19)11(18)4-2/h7-8,10-11,13H,3-6,16H2,1-2H3,(H,17,19). The molecule has 0 radical (unpaired) electrons. The van der Waals surface area contributed by atoms with E-state index in [2.05, 4.69) is 51.4 Å². The van der Waals surface area contributed by atoms with E-state index in [4.69, 9.17) is 5.73 Å². The lowest BCUT2D eigenvalue weighted by Gasteiger charge is -2.42. The summed E-state index contributed by atoms with van der Waals surface area (Å²) in [5.41, 5.74) is 6.37. The first-order chi connectivity index (χ1) is 9.58. The lowest BCUT2D eigenvalue weighted by atomic mass is 9.98. The Balaban J connectivity index is 2.32. The molecule has 0 aliphatic carbocycles. The molecule has 1 aliphatic rings. The highest BCUT2D eigenvalue weighted by Gasteiger charge is 2.36. The van der Waals surface area contributed by atoms with Gasteiger partial charge in [0.1, 0.15) is 0 Å². The van der Waals surface area contributed by atoms with Crippen LogP contribution in [0.4, 0.5) is 0 Å². The van der Waals surface area contributed by atoms with Gasteiger partial charge >= 0.3 is 0 Å². The monoisotopic (exact) mass is 359 g/mol. The van der Waals surface area contributed by atoms with E-state index in [1.165, 1.54) is 4.88 Å². The van der Waals surface area contributed by atoms with Crippen molar-refractivity contribution in [3.63, 3.8) is 0 Å². The van der Waals surface area contributed by atoms with E-state index in [1.807, 2.05) is 0 Å². The molecule has 112 valence electrons. The third-order valence-electron chi connectivity index (χ3n) is 3.87. The van der Waals surface area contributed by atoms with Crippen molar-refractivity contribution in [1.82, 2.24) is 10.2 Å². The number of thiophene rings is 1. The average molecular weight is 360 g/mol. The zero-order valence-electron chi connectivity index (χ0n) is 11.9. The van der Waals surface area contributed by atoms with Crippen LogP contribution in [0.15, 0.2) is 15.9 Å². The summed E-state index contributed by atoms with van der Waals surface area (Å²) in [5.74, 6) is 0.127. The van der Waals surface area contributed by atoms with Gasteiger partial charge in [-0.1, -0.05) is 13.8 Å². The summed E-state index contributed by atoms with van der Waals surface area (Å²) in [6, 6.07) is 2.21. The molecule has 1 fully saturated rings. The predicted molar refractivity (Wildman–Crippen MR) is 86.8 cm³/mol. The Morgan fingerprint density at radius 1 is 1.60 bits per heavy atom. The number of hydrogen-bond acceptors (Lipinski definition) is 4. The Hall–Kier alpha value is -0.430. The fourth-order valence-corrected chi connectivity index (χ4v) is 4.45. The van der Waals surface area contributed by atoms with Crippen LogP contribution in [0.2, 0.25) is 0 Å². The van der Waals surface area contributed by atoms with Crippen molar-refractivity contribution in [3.8, 4) is 0 Å². The zero-order valence-corrected chi connectivity index (χ0v) is 14.3. The van der Waals surface area contributed by atoms with Crippen molar-refractivity contribution in [3.05, 3.63) is 20.8 Å². The van der Waals surface area contributed by atoms with Crippen LogP contribution < -0.4 is 11.1 Å². The number of rotatable bonds is 5. The number of halogens is 1. The number of nitrogens with two attached hydrogens (primary N) is 1. The smallest absolute Gasteiger partial charge is 0.237 e. The second-order valence-corrected chi connectivity index (χ2v) is 7.00. The first-order valence-electron chi connectivity index (χ1n) is 7.11. The summed E-state index contributed by atoms with van der Waals surface area (Å²) < 4.78 is 1.08. The van der Waals surface area contributed by atoms with Gasteiger partial charge in [-0.2, -0.15) is 0 Å². The minimum Gasteiger partial charge on any atom is -0.353 e. The number of nitrogens with zero attached hydrogens (tertiary/aromatic N) is 1. The van der Waals surface area contributed by atoms with E-state index in [0.29, 0.717) is 6.54 Å². The highest BCUT2D eigenvalue weighted by atomic mass is 79.9. The highest BCUT2D eigenvalue weighted by molar-refractivity contribution is 9.10. The van der Waals surface area contributed by atoms with Gasteiger partial charge < -0.3 is 11.1 Å². The minimum atomic E-state index is -0.0766. The van der Waals surface area contributed by atoms with Crippen molar-refractivity contribution in [2.24, 2.45) is 5.73 Å². The van der Waals surface area contributed by atoms with Crippen molar-refractivity contribution in [1.29, 1.82) is 0 Å². The van der Waals surface area contributed by atoms with Gasteiger partial charge in [0.15, 0.2) is 0 Å². The fourth-order valence-electron chi connectivity index (χ4n) is 2.81. The molecule has 20 heavy (non-hydrogen) atoms. The van der Waals surface area contributed by atoms with Gasteiger partial charge in [0, 0.05) is 33.9 Å². The van der Waals surface area contributed by atoms with E-state index < -0.39 is 0 Å². The van der Waals surface area contributed by atoms with Gasteiger partial charge in [0.2, 0.25) is 5.91 Å². The van der Waals surface area contributed by atoms with Gasteiger partial charge in [-0.05, 0) is 34.8 Å². The third kappa shape index (κ3) is 3.24. The van der Waals surface area contributed by atoms with Crippen LogP contribution in [-0.4, -0.2) is 36.0 Å². The normalized spacial score (nSPS) is 23.4. The van der Waals surface area contributed by atoms with Gasteiger partial charge in [-0.3, -0.25) is 9.69 Å². The van der Waals surface area contributed by atoms with Crippen molar-refractivity contribution < 1.29 is 4.79 Å². The molecular formula is C14H22BrN3OS. The number of carbonyl (C=O) groups is 1. The number of piperazine rings is 1. The quantitative estimate of drug-likeness (QED) is 0.848. The topological polar surface area (TPSA) is 58.4 Å². The molecule has 3 N–H and O–H groups in total. The molecule has 0 spiro atoms. The SMILES string of the molecule is CCC(N)C(c1cc(Br)cs1)N1CCNC(=O)C1CC. The summed E-state index contributed by atoms with van der Waals surface area (Å²) in [6.07, 6.45) is 1.71. The summed E-state index contributed by atoms with van der Waals surface area (Å²) in [4.78, 5) is 15.6. The molecule has 1 saturated heterocycles. The van der Waals surface area contributed by atoms with E-state index in [0.717, 1.165) is 23.9 Å². The maximum absolute atomic E-state index is 12.1. The first-order valence-corrected chi connectivity index (χ1v) is 8.78. The van der Waals surface area contributed by atoms with E-state index in [1.54, 1.807) is 11.3 Å². The van der Waals surface area contributed by atoms with Crippen molar-refractivity contribution in [2.45, 2.75) is 44.8 Å².